The predicted octanol–water partition coefficient (Wildman–Crippen LogP) is 2.27. The zero-order chi connectivity index (χ0) is 13.3. The zero-order valence-corrected chi connectivity index (χ0v) is 11.6. The molecule has 0 aromatic rings. The third kappa shape index (κ3) is 10.1. The van der Waals surface area contributed by atoms with E-state index in [-0.39, 0.29) is 24.7 Å². The number of aliphatic hydroxyl groups excluding tert-OH is 1. The van der Waals surface area contributed by atoms with E-state index in [4.69, 9.17) is 5.11 Å². The maximum Gasteiger partial charge on any atom is 0.315 e. The molecule has 0 aliphatic carbocycles. The summed E-state index contributed by atoms with van der Waals surface area (Å²) in [7, 11) is 0. The lowest BCUT2D eigenvalue weighted by Crippen LogP contribution is -2.44. The summed E-state index contributed by atoms with van der Waals surface area (Å²) in [5.74, 6) is 0.723. The average molecular weight is 244 g/mol. The van der Waals surface area contributed by atoms with Crippen LogP contribution in [-0.4, -0.2) is 29.8 Å². The minimum Gasteiger partial charge on any atom is -0.396 e. The zero-order valence-electron chi connectivity index (χ0n) is 11.6. The first-order chi connectivity index (χ1) is 7.95. The molecule has 0 saturated heterocycles. The molecule has 4 heteroatoms. The normalized spacial score (nSPS) is 14.5. The Bertz CT molecular complexity index is 208. The second-order valence-electron chi connectivity index (χ2n) is 5.26. The summed E-state index contributed by atoms with van der Waals surface area (Å²) in [6.07, 6.45) is 3.95. The monoisotopic (exact) mass is 244 g/mol. The molecule has 102 valence electrons. The van der Waals surface area contributed by atoms with E-state index in [2.05, 4.69) is 24.5 Å². The van der Waals surface area contributed by atoms with Crippen molar-refractivity contribution in [1.82, 2.24) is 10.6 Å². The highest BCUT2D eigenvalue weighted by molar-refractivity contribution is 5.74. The van der Waals surface area contributed by atoms with Gasteiger partial charge in [0.05, 0.1) is 0 Å². The first kappa shape index (κ1) is 16.2. The Morgan fingerprint density at radius 1 is 1.00 bits per heavy atom. The number of urea groups is 1. The Morgan fingerprint density at radius 3 is 2.00 bits per heavy atom. The summed E-state index contributed by atoms with van der Waals surface area (Å²) in [5, 5.41) is 14.4. The fourth-order valence-electron chi connectivity index (χ4n) is 1.66. The topological polar surface area (TPSA) is 61.4 Å². The highest BCUT2D eigenvalue weighted by atomic mass is 16.3. The van der Waals surface area contributed by atoms with Gasteiger partial charge in [0, 0.05) is 18.7 Å². The van der Waals surface area contributed by atoms with Crippen molar-refractivity contribution >= 4 is 6.03 Å². The number of hydrogen-bond donors (Lipinski definition) is 3. The molecule has 0 aliphatic heterocycles. The molecule has 0 heterocycles. The molecule has 0 aromatic carbocycles. The molecule has 3 N–H and O–H groups in total. The lowest BCUT2D eigenvalue weighted by atomic mass is 10.0. The van der Waals surface area contributed by atoms with Gasteiger partial charge in [-0.2, -0.15) is 0 Å². The summed E-state index contributed by atoms with van der Waals surface area (Å²) < 4.78 is 0. The van der Waals surface area contributed by atoms with Gasteiger partial charge in [-0.25, -0.2) is 4.79 Å². The molecule has 2 atom stereocenters. The van der Waals surface area contributed by atoms with Crippen LogP contribution >= 0.6 is 0 Å². The van der Waals surface area contributed by atoms with Gasteiger partial charge in [0.25, 0.3) is 0 Å². The molecule has 0 radical (unpaired) electrons. The van der Waals surface area contributed by atoms with Crippen molar-refractivity contribution in [2.75, 3.05) is 6.61 Å². The van der Waals surface area contributed by atoms with Crippen molar-refractivity contribution in [3.05, 3.63) is 0 Å². The van der Waals surface area contributed by atoms with Gasteiger partial charge in [-0.3, -0.25) is 0 Å². The Kier molecular flexibility index (Phi) is 8.86. The van der Waals surface area contributed by atoms with Crippen LogP contribution in [0.3, 0.4) is 0 Å². The first-order valence-corrected chi connectivity index (χ1v) is 6.63. The van der Waals surface area contributed by atoms with Crippen molar-refractivity contribution in [3.8, 4) is 0 Å². The Morgan fingerprint density at radius 2 is 1.53 bits per heavy atom. The predicted molar refractivity (Wildman–Crippen MR) is 71.0 cm³/mol. The summed E-state index contributed by atoms with van der Waals surface area (Å²) in [5.41, 5.74) is 0. The van der Waals surface area contributed by atoms with Gasteiger partial charge in [-0.1, -0.05) is 26.7 Å². The van der Waals surface area contributed by atoms with Crippen LogP contribution in [0.2, 0.25) is 0 Å². The molecule has 0 bridgehead atoms. The van der Waals surface area contributed by atoms with Crippen LogP contribution < -0.4 is 10.6 Å². The van der Waals surface area contributed by atoms with Gasteiger partial charge in [-0.05, 0) is 32.6 Å². The van der Waals surface area contributed by atoms with Gasteiger partial charge >= 0.3 is 6.03 Å². The first-order valence-electron chi connectivity index (χ1n) is 6.63. The van der Waals surface area contributed by atoms with E-state index in [1.807, 2.05) is 13.8 Å². The average Bonchev–Trinajstić information content (AvgIpc) is 2.16. The van der Waals surface area contributed by atoms with Gasteiger partial charge in [0.2, 0.25) is 0 Å². The molecule has 0 saturated carbocycles. The fraction of sp³-hybridized carbons (Fsp3) is 0.923. The molecule has 4 nitrogen and oxygen atoms in total. The number of aliphatic hydroxyl groups is 1. The van der Waals surface area contributed by atoms with Crippen molar-refractivity contribution in [1.29, 1.82) is 0 Å². The van der Waals surface area contributed by atoms with Crippen molar-refractivity contribution in [3.63, 3.8) is 0 Å². The fourth-order valence-corrected chi connectivity index (χ4v) is 1.66. The van der Waals surface area contributed by atoms with Gasteiger partial charge in [0.15, 0.2) is 0 Å². The molecule has 17 heavy (non-hydrogen) atoms. The van der Waals surface area contributed by atoms with E-state index in [1.54, 1.807) is 0 Å². The number of hydrogen-bond acceptors (Lipinski definition) is 2. The number of carbonyl (C=O) groups excluding carboxylic acids is 1. The van der Waals surface area contributed by atoms with Crippen molar-refractivity contribution < 1.29 is 9.90 Å². The Balaban J connectivity index is 3.65. The van der Waals surface area contributed by atoms with Crippen molar-refractivity contribution in [2.24, 2.45) is 5.92 Å². The van der Waals surface area contributed by atoms with Gasteiger partial charge in [0.1, 0.15) is 0 Å². The minimum absolute atomic E-state index is 0.0165. The number of carbonyl (C=O) groups is 1. The SMILES string of the molecule is CC(C)CCCC(C)NC(=O)N[C@H](C)CCO. The van der Waals surface area contributed by atoms with Crippen LogP contribution in [-0.2, 0) is 0 Å². The van der Waals surface area contributed by atoms with Gasteiger partial charge in [-0.15, -0.1) is 0 Å². The Hall–Kier alpha value is -0.770. The summed E-state index contributed by atoms with van der Waals surface area (Å²) >= 11 is 0. The molecular weight excluding hydrogens is 216 g/mol. The van der Waals surface area contributed by atoms with Crippen molar-refractivity contribution in [2.45, 2.75) is 65.5 Å². The van der Waals surface area contributed by atoms with Crippen LogP contribution in [0.1, 0.15) is 53.4 Å². The molecule has 0 fully saturated rings. The van der Waals surface area contributed by atoms with Crippen LogP contribution in [0.15, 0.2) is 0 Å². The maximum absolute atomic E-state index is 11.5. The van der Waals surface area contributed by atoms with E-state index in [1.165, 1.54) is 6.42 Å². The van der Waals surface area contributed by atoms with E-state index in [0.717, 1.165) is 18.8 Å². The third-order valence-corrected chi connectivity index (χ3v) is 2.74. The van der Waals surface area contributed by atoms with E-state index < -0.39 is 0 Å². The largest absolute Gasteiger partial charge is 0.396 e. The minimum atomic E-state index is -0.136. The van der Waals surface area contributed by atoms with Crippen LogP contribution in [0.5, 0.6) is 0 Å². The van der Waals surface area contributed by atoms with E-state index >= 15 is 0 Å². The van der Waals surface area contributed by atoms with Crippen LogP contribution in [0.25, 0.3) is 0 Å². The number of amides is 2. The molecule has 0 aromatic heterocycles. The highest BCUT2D eigenvalue weighted by Crippen LogP contribution is 2.08. The lowest BCUT2D eigenvalue weighted by Gasteiger charge is -2.18. The molecule has 0 rings (SSSR count). The number of nitrogens with one attached hydrogen (secondary N) is 2. The summed E-state index contributed by atoms with van der Waals surface area (Å²) in [6, 6.07) is 0.0842. The second-order valence-corrected chi connectivity index (χ2v) is 5.26. The number of rotatable bonds is 8. The summed E-state index contributed by atoms with van der Waals surface area (Å²) in [4.78, 5) is 11.5. The maximum atomic E-state index is 11.5. The quantitative estimate of drug-likeness (QED) is 0.613. The molecule has 0 aliphatic rings. The second kappa shape index (κ2) is 9.28. The van der Waals surface area contributed by atoms with Gasteiger partial charge < -0.3 is 15.7 Å². The highest BCUT2D eigenvalue weighted by Gasteiger charge is 2.09. The van der Waals surface area contributed by atoms with E-state index in [0.29, 0.717) is 6.42 Å². The third-order valence-electron chi connectivity index (χ3n) is 2.74. The Labute approximate surface area is 105 Å². The standard InChI is InChI=1S/C13H28N2O2/c1-10(2)6-5-7-11(3)14-13(17)15-12(4)8-9-16/h10-12,16H,5-9H2,1-4H3,(H2,14,15,17)/t11?,12-/m1/s1. The molecule has 2 amide bonds. The smallest absolute Gasteiger partial charge is 0.315 e. The molecule has 1 unspecified atom stereocenters. The molecule has 0 spiro atoms. The molecular formula is C13H28N2O2. The van der Waals surface area contributed by atoms with Crippen LogP contribution in [0, 0.1) is 5.92 Å². The van der Waals surface area contributed by atoms with Crippen LogP contribution in [0.4, 0.5) is 4.79 Å². The lowest BCUT2D eigenvalue weighted by molar-refractivity contribution is 0.227. The summed E-state index contributed by atoms with van der Waals surface area (Å²) in [6.45, 7) is 8.43. The van der Waals surface area contributed by atoms with E-state index in [9.17, 15) is 4.79 Å².